The molecule has 1 aliphatic rings. The molecule has 0 radical (unpaired) electrons. The van der Waals surface area contributed by atoms with Gasteiger partial charge in [0, 0.05) is 17.5 Å². The van der Waals surface area contributed by atoms with Crippen molar-refractivity contribution < 1.29 is 18.3 Å². The molecule has 2 atom stereocenters. The Labute approximate surface area is 122 Å². The Bertz CT molecular complexity index is 556. The van der Waals surface area contributed by atoms with E-state index >= 15 is 0 Å². The fourth-order valence-electron chi connectivity index (χ4n) is 2.33. The van der Waals surface area contributed by atoms with E-state index in [1.807, 2.05) is 6.92 Å². The lowest BCUT2D eigenvalue weighted by atomic mass is 10.1. The summed E-state index contributed by atoms with van der Waals surface area (Å²) >= 11 is 1.22. The summed E-state index contributed by atoms with van der Waals surface area (Å²) in [5, 5.41) is 11.0. The third-order valence-corrected chi connectivity index (χ3v) is 6.02. The molecule has 1 aliphatic heterocycles. The molecular formula is C12H18N2O4S2. The second-order valence-corrected chi connectivity index (χ2v) is 7.50. The van der Waals surface area contributed by atoms with Gasteiger partial charge in [0.15, 0.2) is 6.04 Å². The number of hydrogen-bond acceptors (Lipinski definition) is 4. The largest absolute Gasteiger partial charge is 0.480 e. The number of carbonyl (C=O) groups is 1. The van der Waals surface area contributed by atoms with Gasteiger partial charge in [-0.1, -0.05) is 12.5 Å². The fourth-order valence-corrected chi connectivity index (χ4v) is 4.78. The third-order valence-electron chi connectivity index (χ3n) is 3.39. The van der Waals surface area contributed by atoms with Gasteiger partial charge in [-0.25, -0.2) is 0 Å². The van der Waals surface area contributed by atoms with E-state index in [1.165, 1.54) is 15.6 Å². The predicted octanol–water partition coefficient (Wildman–Crippen LogP) is 1.58. The number of aliphatic carboxylic acids is 1. The van der Waals surface area contributed by atoms with E-state index in [0.717, 1.165) is 19.3 Å². The van der Waals surface area contributed by atoms with Crippen LogP contribution in [-0.2, 0) is 15.0 Å². The molecule has 1 saturated heterocycles. The Hall–Kier alpha value is -0.960. The first-order valence-corrected chi connectivity index (χ1v) is 8.79. The number of piperidine rings is 1. The highest BCUT2D eigenvalue weighted by Crippen LogP contribution is 2.24. The molecule has 20 heavy (non-hydrogen) atoms. The summed E-state index contributed by atoms with van der Waals surface area (Å²) < 4.78 is 28.4. The molecule has 2 unspecified atom stereocenters. The number of carboxylic acids is 1. The zero-order valence-electron chi connectivity index (χ0n) is 11.2. The highest BCUT2D eigenvalue weighted by Gasteiger charge is 2.34. The van der Waals surface area contributed by atoms with E-state index in [2.05, 4.69) is 4.72 Å². The minimum Gasteiger partial charge on any atom is -0.480 e. The Morgan fingerprint density at radius 1 is 1.55 bits per heavy atom. The van der Waals surface area contributed by atoms with Gasteiger partial charge in [0.1, 0.15) is 0 Å². The molecule has 0 bridgehead atoms. The summed E-state index contributed by atoms with van der Waals surface area (Å²) in [4.78, 5) is 11.8. The lowest BCUT2D eigenvalue weighted by Gasteiger charge is -2.33. The Balaban J connectivity index is 2.19. The molecule has 2 N–H and O–H groups in total. The first-order valence-electron chi connectivity index (χ1n) is 6.47. The maximum Gasteiger partial charge on any atom is 0.327 e. The molecule has 112 valence electrons. The molecule has 1 aromatic heterocycles. The summed E-state index contributed by atoms with van der Waals surface area (Å²) in [6.45, 7) is 2.28. The molecular weight excluding hydrogens is 300 g/mol. The van der Waals surface area contributed by atoms with Crippen molar-refractivity contribution in [3.05, 3.63) is 22.4 Å². The normalized spacial score (nSPS) is 22.6. The van der Waals surface area contributed by atoms with E-state index in [-0.39, 0.29) is 6.04 Å². The minimum absolute atomic E-state index is 0.0981. The van der Waals surface area contributed by atoms with Crippen LogP contribution in [0.4, 0.5) is 0 Å². The summed E-state index contributed by atoms with van der Waals surface area (Å²) in [5.74, 6) is -1.19. The van der Waals surface area contributed by atoms with Crippen molar-refractivity contribution in [3.63, 3.8) is 0 Å². The lowest BCUT2D eigenvalue weighted by Crippen LogP contribution is -2.49. The van der Waals surface area contributed by atoms with Crippen LogP contribution in [0.1, 0.15) is 37.1 Å². The summed E-state index contributed by atoms with van der Waals surface area (Å²) in [7, 11) is -3.79. The number of nitrogens with one attached hydrogen (secondary N) is 1. The number of carboxylic acid groups (broad SMARTS) is 1. The van der Waals surface area contributed by atoms with E-state index in [1.54, 1.807) is 17.5 Å². The molecule has 0 spiro atoms. The van der Waals surface area contributed by atoms with Gasteiger partial charge in [0.2, 0.25) is 0 Å². The quantitative estimate of drug-likeness (QED) is 0.863. The van der Waals surface area contributed by atoms with Gasteiger partial charge >= 0.3 is 5.97 Å². The van der Waals surface area contributed by atoms with Gasteiger partial charge in [0.25, 0.3) is 10.2 Å². The van der Waals surface area contributed by atoms with Crippen molar-refractivity contribution in [3.8, 4) is 0 Å². The fraction of sp³-hybridized carbons (Fsp3) is 0.583. The smallest absolute Gasteiger partial charge is 0.327 e. The van der Waals surface area contributed by atoms with Gasteiger partial charge in [-0.2, -0.15) is 17.4 Å². The van der Waals surface area contributed by atoms with Crippen molar-refractivity contribution >= 4 is 27.5 Å². The number of thiophene rings is 1. The predicted molar refractivity (Wildman–Crippen MR) is 76.8 cm³/mol. The molecule has 1 fully saturated rings. The minimum atomic E-state index is -3.79. The Morgan fingerprint density at radius 2 is 2.30 bits per heavy atom. The van der Waals surface area contributed by atoms with Crippen molar-refractivity contribution in [2.45, 2.75) is 38.3 Å². The van der Waals surface area contributed by atoms with E-state index in [9.17, 15) is 18.3 Å². The van der Waals surface area contributed by atoms with Crippen LogP contribution < -0.4 is 4.72 Å². The van der Waals surface area contributed by atoms with Crippen LogP contribution in [0.15, 0.2) is 17.5 Å². The third kappa shape index (κ3) is 3.38. The van der Waals surface area contributed by atoms with Crippen LogP contribution in [0.25, 0.3) is 0 Å². The lowest BCUT2D eigenvalue weighted by molar-refractivity contribution is -0.139. The van der Waals surface area contributed by atoms with Crippen molar-refractivity contribution in [2.75, 3.05) is 6.54 Å². The zero-order chi connectivity index (χ0) is 14.8. The van der Waals surface area contributed by atoms with Crippen molar-refractivity contribution in [1.29, 1.82) is 0 Å². The molecule has 6 nitrogen and oxygen atoms in total. The summed E-state index contributed by atoms with van der Waals surface area (Å²) in [5.41, 5.74) is 0. The zero-order valence-corrected chi connectivity index (χ0v) is 12.8. The number of rotatable bonds is 5. The molecule has 8 heteroatoms. The second kappa shape index (κ2) is 6.21. The van der Waals surface area contributed by atoms with Crippen LogP contribution in [0.2, 0.25) is 0 Å². The maximum absolute atomic E-state index is 12.4. The van der Waals surface area contributed by atoms with E-state index in [4.69, 9.17) is 0 Å². The summed E-state index contributed by atoms with van der Waals surface area (Å²) in [6.07, 6.45) is 2.61. The number of nitrogens with zero attached hydrogens (tertiary/aromatic N) is 1. The molecule has 1 aromatic rings. The molecule has 0 saturated carbocycles. The molecule has 2 rings (SSSR count). The first-order chi connectivity index (χ1) is 9.42. The molecule has 2 heterocycles. The maximum atomic E-state index is 12.4. The number of hydrogen-bond donors (Lipinski definition) is 2. The van der Waals surface area contributed by atoms with Crippen molar-refractivity contribution in [1.82, 2.24) is 9.03 Å². The van der Waals surface area contributed by atoms with Crippen molar-refractivity contribution in [2.24, 2.45) is 0 Å². The molecule has 0 amide bonds. The van der Waals surface area contributed by atoms with Gasteiger partial charge in [-0.3, -0.25) is 4.79 Å². The van der Waals surface area contributed by atoms with Crippen LogP contribution in [-0.4, -0.2) is 36.4 Å². The van der Waals surface area contributed by atoms with E-state index in [0.29, 0.717) is 11.4 Å². The van der Waals surface area contributed by atoms with Crippen LogP contribution >= 0.6 is 11.3 Å². The van der Waals surface area contributed by atoms with Gasteiger partial charge in [-0.05, 0) is 31.2 Å². The Morgan fingerprint density at radius 3 is 2.85 bits per heavy atom. The highest BCUT2D eigenvalue weighted by atomic mass is 32.2. The van der Waals surface area contributed by atoms with Crippen LogP contribution in [0.5, 0.6) is 0 Å². The highest BCUT2D eigenvalue weighted by molar-refractivity contribution is 7.87. The van der Waals surface area contributed by atoms with Gasteiger partial charge < -0.3 is 5.11 Å². The van der Waals surface area contributed by atoms with Crippen LogP contribution in [0.3, 0.4) is 0 Å². The molecule has 0 aromatic carbocycles. The molecule has 0 aliphatic carbocycles. The van der Waals surface area contributed by atoms with Gasteiger partial charge in [0.05, 0.1) is 0 Å². The standard InChI is InChI=1S/C12H18N2O4S2/c1-9-5-2-3-7-14(9)20(17,18)13-11(12(15)16)10-6-4-8-19-10/h4,6,8-9,11,13H,2-3,5,7H2,1H3,(H,15,16). The van der Waals surface area contributed by atoms with Crippen LogP contribution in [0, 0.1) is 0 Å². The average Bonchev–Trinajstić information content (AvgIpc) is 2.89. The first kappa shape index (κ1) is 15.4. The SMILES string of the molecule is CC1CCCCN1S(=O)(=O)NC(C(=O)O)c1cccs1. The van der Waals surface area contributed by atoms with Gasteiger partial charge in [-0.15, -0.1) is 11.3 Å². The summed E-state index contributed by atoms with van der Waals surface area (Å²) in [6, 6.07) is 1.99. The second-order valence-electron chi connectivity index (χ2n) is 4.87. The Kier molecular flexibility index (Phi) is 4.79. The average molecular weight is 318 g/mol. The topological polar surface area (TPSA) is 86.7 Å². The monoisotopic (exact) mass is 318 g/mol. The van der Waals surface area contributed by atoms with E-state index < -0.39 is 22.2 Å².